The van der Waals surface area contributed by atoms with Crippen LogP contribution in [0.1, 0.15) is 48.2 Å². The highest BCUT2D eigenvalue weighted by atomic mass is 32.2. The number of sulfonamides is 1. The van der Waals surface area contributed by atoms with Crippen molar-refractivity contribution in [2.75, 3.05) is 20.2 Å². The van der Waals surface area contributed by atoms with Gasteiger partial charge in [-0.2, -0.15) is 0 Å². The molecule has 1 aromatic heterocycles. The van der Waals surface area contributed by atoms with Gasteiger partial charge in [-0.15, -0.1) is 0 Å². The molecule has 0 spiro atoms. The van der Waals surface area contributed by atoms with E-state index in [9.17, 15) is 13.2 Å². The Bertz CT molecular complexity index is 997. The van der Waals surface area contributed by atoms with Crippen molar-refractivity contribution >= 4 is 21.7 Å². The van der Waals surface area contributed by atoms with E-state index in [4.69, 9.17) is 0 Å². The summed E-state index contributed by atoms with van der Waals surface area (Å²) >= 11 is 0. The number of nitrogens with one attached hydrogen (secondary N) is 1. The molecular formula is C23H30N3O4S+. The zero-order valence-corrected chi connectivity index (χ0v) is 18.7. The number of piperidine rings is 1. The van der Waals surface area contributed by atoms with Gasteiger partial charge < -0.3 is 4.74 Å². The first-order valence-corrected chi connectivity index (χ1v) is 12.4. The van der Waals surface area contributed by atoms with Gasteiger partial charge in [0, 0.05) is 31.9 Å². The number of hydrogen-bond acceptors (Lipinski definition) is 5. The molecule has 1 aliphatic heterocycles. The van der Waals surface area contributed by atoms with Crippen LogP contribution in [0.3, 0.4) is 0 Å². The highest BCUT2D eigenvalue weighted by Gasteiger charge is 2.47. The first-order chi connectivity index (χ1) is 14.9. The van der Waals surface area contributed by atoms with Crippen molar-refractivity contribution in [1.29, 1.82) is 0 Å². The third kappa shape index (κ3) is 4.51. The van der Waals surface area contributed by atoms with Crippen LogP contribution in [0.2, 0.25) is 0 Å². The molecule has 1 saturated carbocycles. The van der Waals surface area contributed by atoms with E-state index in [1.165, 1.54) is 38.3 Å². The van der Waals surface area contributed by atoms with Crippen LogP contribution >= 0.6 is 0 Å². The van der Waals surface area contributed by atoms with Gasteiger partial charge in [0.15, 0.2) is 0 Å². The number of rotatable bonds is 7. The van der Waals surface area contributed by atoms with Gasteiger partial charge >= 0.3 is 5.97 Å². The highest BCUT2D eigenvalue weighted by molar-refractivity contribution is 7.90. The molecule has 2 aliphatic rings. The minimum absolute atomic E-state index is 0.113. The topological polar surface area (TPSA) is 85.4 Å². The fourth-order valence-corrected chi connectivity index (χ4v) is 6.23. The molecular weight excluding hydrogens is 414 g/mol. The Balaban J connectivity index is 1.39. The maximum Gasteiger partial charge on any atom is 0.339 e. The van der Waals surface area contributed by atoms with E-state index < -0.39 is 21.2 Å². The van der Waals surface area contributed by atoms with Crippen molar-refractivity contribution < 1.29 is 17.9 Å². The van der Waals surface area contributed by atoms with Crippen molar-refractivity contribution in [2.45, 2.75) is 49.9 Å². The third-order valence-electron chi connectivity index (χ3n) is 6.88. The van der Waals surface area contributed by atoms with Crippen LogP contribution in [0, 0.1) is 0 Å². The van der Waals surface area contributed by atoms with Crippen LogP contribution in [0.4, 0.5) is 5.69 Å². The standard InChI is InChI=1S/C23H30N3O4S/c1-30-23(27)18-10-11-19(24-16-18)17-25-31(28,29)22-12-14-26(15-13-22,21-8-5-9-21)20-6-3-2-4-7-20/h2-4,6-7,10-11,16,21-22,25H,5,8-9,12-15,17H2,1H3/q+1. The normalized spacial score (nSPS) is 24.4. The third-order valence-corrected chi connectivity index (χ3v) is 8.78. The molecule has 0 atom stereocenters. The Morgan fingerprint density at radius 3 is 2.35 bits per heavy atom. The van der Waals surface area contributed by atoms with E-state index in [2.05, 4.69) is 38.7 Å². The fraction of sp³-hybridized carbons (Fsp3) is 0.478. The van der Waals surface area contributed by atoms with Crippen LogP contribution < -0.4 is 9.21 Å². The van der Waals surface area contributed by atoms with Crippen LogP contribution in [-0.4, -0.2) is 50.9 Å². The molecule has 0 bridgehead atoms. The number of nitrogens with zero attached hydrogens (tertiary/aromatic N) is 2. The maximum absolute atomic E-state index is 13.0. The molecule has 2 heterocycles. The molecule has 1 saturated heterocycles. The van der Waals surface area contributed by atoms with Crippen molar-refractivity contribution in [2.24, 2.45) is 0 Å². The Hall–Kier alpha value is -2.29. The van der Waals surface area contributed by atoms with E-state index in [0.717, 1.165) is 17.6 Å². The average Bonchev–Trinajstić information content (AvgIpc) is 2.77. The zero-order chi connectivity index (χ0) is 21.9. The van der Waals surface area contributed by atoms with Gasteiger partial charge in [-0.25, -0.2) is 17.9 Å². The number of esters is 1. The first kappa shape index (κ1) is 21.9. The summed E-state index contributed by atoms with van der Waals surface area (Å²) < 4.78 is 34.2. The summed E-state index contributed by atoms with van der Waals surface area (Å²) in [6, 6.07) is 14.4. The number of carbonyl (C=O) groups is 1. The van der Waals surface area contributed by atoms with Gasteiger partial charge in [0.25, 0.3) is 0 Å². The van der Waals surface area contributed by atoms with E-state index in [-0.39, 0.29) is 6.54 Å². The number of quaternary nitrogens is 1. The molecule has 0 radical (unpaired) electrons. The van der Waals surface area contributed by atoms with Crippen LogP contribution in [0.5, 0.6) is 0 Å². The van der Waals surface area contributed by atoms with Gasteiger partial charge in [0.1, 0.15) is 5.69 Å². The minimum Gasteiger partial charge on any atom is -0.465 e. The van der Waals surface area contributed by atoms with Crippen LogP contribution in [0.15, 0.2) is 48.7 Å². The first-order valence-electron chi connectivity index (χ1n) is 10.9. The summed E-state index contributed by atoms with van der Waals surface area (Å²) in [6.07, 6.45) is 6.41. The number of hydrogen-bond donors (Lipinski definition) is 1. The fourth-order valence-electron chi connectivity index (χ4n) is 4.82. The molecule has 166 valence electrons. The minimum atomic E-state index is -3.45. The number of likely N-dealkylation sites (tertiary alicyclic amines) is 1. The quantitative estimate of drug-likeness (QED) is 0.524. The predicted molar refractivity (Wildman–Crippen MR) is 120 cm³/mol. The summed E-state index contributed by atoms with van der Waals surface area (Å²) in [5, 5.41) is -0.392. The number of pyridine rings is 1. The molecule has 2 fully saturated rings. The number of carbonyl (C=O) groups excluding carboxylic acids is 1. The summed E-state index contributed by atoms with van der Waals surface area (Å²) in [5.74, 6) is -0.465. The lowest BCUT2D eigenvalue weighted by molar-refractivity contribution is 0.0600. The van der Waals surface area contributed by atoms with E-state index in [1.807, 2.05) is 6.07 Å². The second-order valence-electron chi connectivity index (χ2n) is 8.50. The lowest BCUT2D eigenvalue weighted by Crippen LogP contribution is -2.64. The molecule has 1 N–H and O–H groups in total. The summed E-state index contributed by atoms with van der Waals surface area (Å²) in [7, 11) is -2.14. The average molecular weight is 445 g/mol. The molecule has 31 heavy (non-hydrogen) atoms. The Kier molecular flexibility index (Phi) is 6.41. The molecule has 8 heteroatoms. The molecule has 1 aliphatic carbocycles. The Labute approximate surface area is 184 Å². The van der Waals surface area contributed by atoms with Gasteiger partial charge in [-0.1, -0.05) is 18.2 Å². The summed E-state index contributed by atoms with van der Waals surface area (Å²) in [4.78, 5) is 15.7. The van der Waals surface area contributed by atoms with Crippen molar-refractivity contribution in [1.82, 2.24) is 14.2 Å². The lowest BCUT2D eigenvalue weighted by atomic mass is 9.86. The second-order valence-corrected chi connectivity index (χ2v) is 10.5. The zero-order valence-electron chi connectivity index (χ0n) is 17.9. The molecule has 1 aromatic carbocycles. The SMILES string of the molecule is COC(=O)c1ccc(CNS(=O)(=O)C2CC[N+](c3ccccc3)(C3CCC3)CC2)nc1. The molecule has 0 amide bonds. The Morgan fingerprint density at radius 2 is 1.81 bits per heavy atom. The highest BCUT2D eigenvalue weighted by Crippen LogP contribution is 2.40. The lowest BCUT2D eigenvalue weighted by Gasteiger charge is -2.51. The largest absolute Gasteiger partial charge is 0.465 e. The Morgan fingerprint density at radius 1 is 1.10 bits per heavy atom. The number of aromatic nitrogens is 1. The number of para-hydroxylation sites is 1. The molecule has 2 aromatic rings. The maximum atomic E-state index is 13.0. The monoisotopic (exact) mass is 444 g/mol. The summed E-state index contributed by atoms with van der Waals surface area (Å²) in [6.45, 7) is 1.82. The number of ether oxygens (including phenoxy) is 1. The second kappa shape index (κ2) is 9.06. The van der Waals surface area contributed by atoms with Crippen molar-refractivity contribution in [3.8, 4) is 0 Å². The van der Waals surface area contributed by atoms with Gasteiger partial charge in [0.2, 0.25) is 10.0 Å². The van der Waals surface area contributed by atoms with Gasteiger partial charge in [-0.05, 0) is 30.7 Å². The molecule has 0 unspecified atom stereocenters. The van der Waals surface area contributed by atoms with Crippen molar-refractivity contribution in [3.63, 3.8) is 0 Å². The van der Waals surface area contributed by atoms with Crippen LogP contribution in [-0.2, 0) is 21.3 Å². The van der Waals surface area contributed by atoms with Gasteiger partial charge in [0.05, 0.1) is 49.3 Å². The van der Waals surface area contributed by atoms with Gasteiger partial charge in [-0.3, -0.25) is 9.47 Å². The molecule has 4 rings (SSSR count). The smallest absolute Gasteiger partial charge is 0.339 e. The number of benzene rings is 1. The molecule has 7 nitrogen and oxygen atoms in total. The van der Waals surface area contributed by atoms with E-state index in [0.29, 0.717) is 30.1 Å². The van der Waals surface area contributed by atoms with Crippen LogP contribution in [0.25, 0.3) is 0 Å². The summed E-state index contributed by atoms with van der Waals surface area (Å²) in [5.41, 5.74) is 2.22. The van der Waals surface area contributed by atoms with E-state index in [1.54, 1.807) is 12.1 Å². The van der Waals surface area contributed by atoms with Crippen molar-refractivity contribution in [3.05, 3.63) is 59.9 Å². The number of methoxy groups -OCH3 is 1. The predicted octanol–water partition coefficient (Wildman–Crippen LogP) is 3.01. The van der Waals surface area contributed by atoms with E-state index >= 15 is 0 Å².